The molecular formula is C11H17N3O. The van der Waals surface area contributed by atoms with Crippen LogP contribution in [0.5, 0.6) is 5.75 Å². The fraction of sp³-hybridized carbons (Fsp3) is 0.364. The highest BCUT2D eigenvalue weighted by atomic mass is 16.5. The number of nitrogens with zero attached hydrogens (tertiary/aromatic N) is 1. The summed E-state index contributed by atoms with van der Waals surface area (Å²) in [7, 11) is 0. The van der Waals surface area contributed by atoms with Crippen LogP contribution in [0.25, 0.3) is 0 Å². The second-order valence-electron chi connectivity index (χ2n) is 2.95. The average Bonchev–Trinajstić information content (AvgIpc) is 2.19. The van der Waals surface area contributed by atoms with E-state index in [4.69, 9.17) is 10.5 Å². The van der Waals surface area contributed by atoms with Gasteiger partial charge in [0.25, 0.3) is 0 Å². The summed E-state index contributed by atoms with van der Waals surface area (Å²) < 4.78 is 5.37. The van der Waals surface area contributed by atoms with Gasteiger partial charge in [-0.25, -0.2) is 0 Å². The van der Waals surface area contributed by atoms with Crippen LogP contribution in [-0.4, -0.2) is 19.1 Å². The van der Waals surface area contributed by atoms with E-state index in [0.717, 1.165) is 11.4 Å². The van der Waals surface area contributed by atoms with Gasteiger partial charge >= 0.3 is 0 Å². The Balaban J connectivity index is 2.69. The lowest BCUT2D eigenvalue weighted by Crippen LogP contribution is -2.22. The molecule has 1 aromatic carbocycles. The molecular weight excluding hydrogens is 190 g/mol. The predicted octanol–water partition coefficient (Wildman–Crippen LogP) is 1.83. The van der Waals surface area contributed by atoms with E-state index in [9.17, 15) is 0 Å². The minimum Gasteiger partial charge on any atom is -0.494 e. The van der Waals surface area contributed by atoms with Crippen molar-refractivity contribution in [2.45, 2.75) is 13.8 Å². The van der Waals surface area contributed by atoms with Crippen molar-refractivity contribution >= 4 is 11.6 Å². The third-order valence-electron chi connectivity index (χ3n) is 1.75. The van der Waals surface area contributed by atoms with E-state index < -0.39 is 0 Å². The Hall–Kier alpha value is -1.71. The lowest BCUT2D eigenvalue weighted by Gasteiger charge is -2.07. The monoisotopic (exact) mass is 207 g/mol. The number of hydrogen-bond acceptors (Lipinski definition) is 2. The number of guanidine groups is 1. The van der Waals surface area contributed by atoms with Crippen molar-refractivity contribution in [2.75, 3.05) is 18.5 Å². The highest BCUT2D eigenvalue weighted by molar-refractivity contribution is 5.92. The Bertz CT molecular complexity index is 336. The van der Waals surface area contributed by atoms with Gasteiger partial charge in [0.1, 0.15) is 5.75 Å². The molecule has 0 bridgehead atoms. The molecule has 0 spiro atoms. The Morgan fingerprint density at radius 1 is 1.47 bits per heavy atom. The molecule has 0 atom stereocenters. The first-order valence-electron chi connectivity index (χ1n) is 5.06. The molecule has 15 heavy (non-hydrogen) atoms. The Morgan fingerprint density at radius 3 is 2.93 bits per heavy atom. The normalized spacial score (nSPS) is 11.2. The van der Waals surface area contributed by atoms with Crippen LogP contribution >= 0.6 is 0 Å². The second-order valence-corrected chi connectivity index (χ2v) is 2.95. The van der Waals surface area contributed by atoms with Crippen molar-refractivity contribution in [3.63, 3.8) is 0 Å². The van der Waals surface area contributed by atoms with E-state index in [1.807, 2.05) is 38.1 Å². The molecule has 0 unspecified atom stereocenters. The number of benzene rings is 1. The minimum absolute atomic E-state index is 0.422. The molecule has 3 N–H and O–H groups in total. The molecule has 0 saturated carbocycles. The van der Waals surface area contributed by atoms with Crippen LogP contribution < -0.4 is 15.8 Å². The van der Waals surface area contributed by atoms with E-state index in [2.05, 4.69) is 10.3 Å². The maximum atomic E-state index is 5.64. The largest absolute Gasteiger partial charge is 0.494 e. The molecule has 1 rings (SSSR count). The van der Waals surface area contributed by atoms with Gasteiger partial charge in [0.2, 0.25) is 0 Å². The molecule has 0 fully saturated rings. The molecule has 82 valence electrons. The average molecular weight is 207 g/mol. The number of rotatable bonds is 4. The zero-order chi connectivity index (χ0) is 11.1. The number of nitrogens with two attached hydrogens (primary N) is 1. The number of ether oxygens (including phenoxy) is 1. The van der Waals surface area contributed by atoms with Gasteiger partial charge in [-0.2, -0.15) is 0 Å². The second kappa shape index (κ2) is 5.90. The van der Waals surface area contributed by atoms with Crippen molar-refractivity contribution in [1.82, 2.24) is 0 Å². The van der Waals surface area contributed by atoms with Crippen LogP contribution in [0.1, 0.15) is 13.8 Å². The molecule has 4 nitrogen and oxygen atoms in total. The Kier molecular flexibility index (Phi) is 4.47. The standard InChI is InChI=1S/C11H17N3O/c1-3-13-11(12)14-9-6-5-7-10(8-9)15-4-2/h5-8H,3-4H2,1-2H3,(H3,12,13,14). The number of hydrogen-bond donors (Lipinski definition) is 2. The summed E-state index contributed by atoms with van der Waals surface area (Å²) >= 11 is 0. The van der Waals surface area contributed by atoms with Crippen LogP contribution in [0, 0.1) is 0 Å². The van der Waals surface area contributed by atoms with Crippen molar-refractivity contribution in [3.8, 4) is 5.75 Å². The molecule has 1 aromatic rings. The SMILES string of the molecule is CCN=C(N)Nc1cccc(OCC)c1. The molecule has 0 saturated heterocycles. The molecule has 0 aromatic heterocycles. The topological polar surface area (TPSA) is 59.6 Å². The summed E-state index contributed by atoms with van der Waals surface area (Å²) in [5.41, 5.74) is 6.52. The number of anilines is 1. The van der Waals surface area contributed by atoms with E-state index in [-0.39, 0.29) is 0 Å². The van der Waals surface area contributed by atoms with Crippen LogP contribution in [0.3, 0.4) is 0 Å². The molecule has 0 aliphatic carbocycles. The minimum atomic E-state index is 0.422. The highest BCUT2D eigenvalue weighted by Gasteiger charge is 1.96. The number of aliphatic imine (C=N–C) groups is 1. The quantitative estimate of drug-likeness (QED) is 0.585. The zero-order valence-electron chi connectivity index (χ0n) is 9.16. The Labute approximate surface area is 90.2 Å². The van der Waals surface area contributed by atoms with Gasteiger partial charge < -0.3 is 15.8 Å². The third kappa shape index (κ3) is 3.89. The van der Waals surface area contributed by atoms with Crippen LogP contribution in [0.2, 0.25) is 0 Å². The fourth-order valence-corrected chi connectivity index (χ4v) is 1.19. The van der Waals surface area contributed by atoms with E-state index in [1.165, 1.54) is 0 Å². The maximum absolute atomic E-state index is 5.64. The van der Waals surface area contributed by atoms with Crippen molar-refractivity contribution in [2.24, 2.45) is 10.7 Å². The Morgan fingerprint density at radius 2 is 2.27 bits per heavy atom. The molecule has 0 heterocycles. The maximum Gasteiger partial charge on any atom is 0.193 e. The molecule has 0 aliphatic heterocycles. The predicted molar refractivity (Wildman–Crippen MR) is 63.4 cm³/mol. The molecule has 0 radical (unpaired) electrons. The lowest BCUT2D eigenvalue weighted by atomic mass is 10.3. The van der Waals surface area contributed by atoms with Gasteiger partial charge in [0.15, 0.2) is 5.96 Å². The molecule has 4 heteroatoms. The van der Waals surface area contributed by atoms with Gasteiger partial charge in [-0.05, 0) is 26.0 Å². The summed E-state index contributed by atoms with van der Waals surface area (Å²) in [6.45, 7) is 5.21. The first kappa shape index (κ1) is 11.4. The van der Waals surface area contributed by atoms with Crippen LogP contribution in [0.4, 0.5) is 5.69 Å². The van der Waals surface area contributed by atoms with Gasteiger partial charge in [0, 0.05) is 18.3 Å². The smallest absolute Gasteiger partial charge is 0.193 e. The first-order chi connectivity index (χ1) is 7.26. The van der Waals surface area contributed by atoms with Crippen LogP contribution in [-0.2, 0) is 0 Å². The number of nitrogens with one attached hydrogen (secondary N) is 1. The highest BCUT2D eigenvalue weighted by Crippen LogP contribution is 2.16. The molecule has 0 amide bonds. The summed E-state index contributed by atoms with van der Waals surface area (Å²) in [5.74, 6) is 1.25. The zero-order valence-corrected chi connectivity index (χ0v) is 9.16. The van der Waals surface area contributed by atoms with Crippen molar-refractivity contribution in [1.29, 1.82) is 0 Å². The fourth-order valence-electron chi connectivity index (χ4n) is 1.19. The van der Waals surface area contributed by atoms with Gasteiger partial charge in [-0.15, -0.1) is 0 Å². The summed E-state index contributed by atoms with van der Waals surface area (Å²) in [6.07, 6.45) is 0. The van der Waals surface area contributed by atoms with Crippen molar-refractivity contribution < 1.29 is 4.74 Å². The summed E-state index contributed by atoms with van der Waals surface area (Å²) in [6, 6.07) is 7.62. The lowest BCUT2D eigenvalue weighted by molar-refractivity contribution is 0.340. The summed E-state index contributed by atoms with van der Waals surface area (Å²) in [4.78, 5) is 4.04. The molecule has 0 aliphatic rings. The first-order valence-corrected chi connectivity index (χ1v) is 5.06. The van der Waals surface area contributed by atoms with E-state index in [0.29, 0.717) is 19.1 Å². The van der Waals surface area contributed by atoms with Crippen LogP contribution in [0.15, 0.2) is 29.3 Å². The van der Waals surface area contributed by atoms with Crippen molar-refractivity contribution in [3.05, 3.63) is 24.3 Å². The van der Waals surface area contributed by atoms with E-state index in [1.54, 1.807) is 0 Å². The van der Waals surface area contributed by atoms with Gasteiger partial charge in [0.05, 0.1) is 6.61 Å². The summed E-state index contributed by atoms with van der Waals surface area (Å²) in [5, 5.41) is 2.99. The van der Waals surface area contributed by atoms with E-state index >= 15 is 0 Å². The third-order valence-corrected chi connectivity index (χ3v) is 1.75. The van der Waals surface area contributed by atoms with Gasteiger partial charge in [-0.1, -0.05) is 6.07 Å². The van der Waals surface area contributed by atoms with Gasteiger partial charge in [-0.3, -0.25) is 4.99 Å².